The smallest absolute Gasteiger partial charge is 0.255 e. The lowest BCUT2D eigenvalue weighted by molar-refractivity contribution is 0.0227. The van der Waals surface area contributed by atoms with Gasteiger partial charge in [0.2, 0.25) is 0 Å². The van der Waals surface area contributed by atoms with Crippen molar-refractivity contribution in [1.82, 2.24) is 15.1 Å². The highest BCUT2D eigenvalue weighted by molar-refractivity contribution is 6.33. The lowest BCUT2D eigenvalue weighted by Crippen LogP contribution is -2.63. The number of nitrogens with one attached hydrogen (secondary N) is 1. The Morgan fingerprint density at radius 3 is 2.70 bits per heavy atom. The van der Waals surface area contributed by atoms with Crippen molar-refractivity contribution in [3.63, 3.8) is 0 Å². The minimum absolute atomic E-state index is 0.0666. The van der Waals surface area contributed by atoms with Gasteiger partial charge in [-0.05, 0) is 18.2 Å². The van der Waals surface area contributed by atoms with Crippen LogP contribution in [0.2, 0.25) is 5.02 Å². The van der Waals surface area contributed by atoms with Crippen molar-refractivity contribution in [2.24, 2.45) is 0 Å². The molecule has 3 rings (SSSR count). The largest absolute Gasteiger partial charge is 0.508 e. The molecule has 2 saturated heterocycles. The number of piperazine rings is 1. The number of carbonyl (C=O) groups is 1. The van der Waals surface area contributed by atoms with E-state index >= 15 is 0 Å². The van der Waals surface area contributed by atoms with Crippen LogP contribution in [-0.2, 0) is 0 Å². The number of carbonyl (C=O) groups excluding carboxylic acids is 1. The van der Waals surface area contributed by atoms with E-state index in [1.807, 2.05) is 0 Å². The van der Waals surface area contributed by atoms with Crippen LogP contribution in [0.4, 0.5) is 0 Å². The van der Waals surface area contributed by atoms with Crippen molar-refractivity contribution in [2.45, 2.75) is 6.04 Å². The molecule has 20 heavy (non-hydrogen) atoms. The van der Waals surface area contributed by atoms with E-state index in [1.54, 1.807) is 11.0 Å². The van der Waals surface area contributed by atoms with Gasteiger partial charge < -0.3 is 15.3 Å². The van der Waals surface area contributed by atoms with Crippen molar-refractivity contribution < 1.29 is 9.90 Å². The summed E-state index contributed by atoms with van der Waals surface area (Å²) in [5.74, 6) is -0.0331. The van der Waals surface area contributed by atoms with Crippen molar-refractivity contribution in [3.8, 4) is 5.75 Å². The molecule has 2 fully saturated rings. The number of phenolic OH excluding ortho intramolecular Hbond substituents is 1. The van der Waals surface area contributed by atoms with Crippen LogP contribution >= 0.6 is 11.6 Å². The minimum atomic E-state index is -0.0997. The zero-order valence-electron chi connectivity index (χ0n) is 11.2. The molecule has 0 aromatic heterocycles. The molecular weight excluding hydrogens is 278 g/mol. The van der Waals surface area contributed by atoms with E-state index in [9.17, 15) is 9.90 Å². The predicted octanol–water partition coefficient (Wildman–Crippen LogP) is 0.775. The predicted molar refractivity (Wildman–Crippen MR) is 77.3 cm³/mol. The fourth-order valence-corrected chi connectivity index (χ4v) is 2.95. The number of hydrogen-bond donors (Lipinski definition) is 2. The van der Waals surface area contributed by atoms with Gasteiger partial charge in [-0.1, -0.05) is 11.6 Å². The first kappa shape index (κ1) is 13.7. The van der Waals surface area contributed by atoms with Crippen LogP contribution in [0.3, 0.4) is 0 Å². The van der Waals surface area contributed by atoms with Crippen LogP contribution in [0, 0.1) is 0 Å². The number of rotatable bonds is 2. The van der Waals surface area contributed by atoms with Crippen molar-refractivity contribution in [2.75, 3.05) is 39.3 Å². The van der Waals surface area contributed by atoms with Gasteiger partial charge in [-0.2, -0.15) is 0 Å². The molecule has 2 N–H and O–H groups in total. The van der Waals surface area contributed by atoms with E-state index in [1.165, 1.54) is 12.1 Å². The van der Waals surface area contributed by atoms with Crippen LogP contribution in [0.1, 0.15) is 10.4 Å². The van der Waals surface area contributed by atoms with E-state index in [0.29, 0.717) is 16.6 Å². The average Bonchev–Trinajstić information content (AvgIpc) is 2.41. The number of benzene rings is 1. The van der Waals surface area contributed by atoms with Gasteiger partial charge in [0.1, 0.15) is 5.75 Å². The SMILES string of the molecule is O=C(c1cc(O)ccc1Cl)N1CC(N2CCNCC2)C1. The molecule has 0 aliphatic carbocycles. The fourth-order valence-electron chi connectivity index (χ4n) is 2.75. The lowest BCUT2D eigenvalue weighted by atomic mass is 10.0. The second-order valence-electron chi connectivity index (χ2n) is 5.31. The van der Waals surface area contributed by atoms with E-state index in [2.05, 4.69) is 10.2 Å². The first-order valence-electron chi connectivity index (χ1n) is 6.88. The van der Waals surface area contributed by atoms with E-state index in [4.69, 9.17) is 11.6 Å². The highest BCUT2D eigenvalue weighted by Crippen LogP contribution is 2.25. The first-order valence-corrected chi connectivity index (χ1v) is 7.25. The van der Waals surface area contributed by atoms with Gasteiger partial charge in [0.25, 0.3) is 5.91 Å². The molecule has 5 nitrogen and oxygen atoms in total. The number of nitrogens with zero attached hydrogens (tertiary/aromatic N) is 2. The monoisotopic (exact) mass is 295 g/mol. The molecule has 0 unspecified atom stereocenters. The molecule has 0 spiro atoms. The molecule has 1 aromatic carbocycles. The van der Waals surface area contributed by atoms with Crippen molar-refractivity contribution >= 4 is 17.5 Å². The Labute approximate surface area is 123 Å². The number of amides is 1. The maximum atomic E-state index is 12.3. The van der Waals surface area contributed by atoms with Crippen molar-refractivity contribution in [3.05, 3.63) is 28.8 Å². The summed E-state index contributed by atoms with van der Waals surface area (Å²) in [6, 6.07) is 4.93. The molecular formula is C14H18ClN3O2. The number of phenols is 1. The van der Waals surface area contributed by atoms with Gasteiger partial charge >= 0.3 is 0 Å². The zero-order valence-corrected chi connectivity index (χ0v) is 11.9. The van der Waals surface area contributed by atoms with Gasteiger partial charge in [0.05, 0.1) is 10.6 Å². The minimum Gasteiger partial charge on any atom is -0.508 e. The Kier molecular flexibility index (Phi) is 3.83. The molecule has 6 heteroatoms. The van der Waals surface area contributed by atoms with Crippen LogP contribution < -0.4 is 5.32 Å². The first-order chi connectivity index (χ1) is 9.65. The maximum absolute atomic E-state index is 12.3. The van der Waals surface area contributed by atoms with Gasteiger partial charge in [-0.15, -0.1) is 0 Å². The van der Waals surface area contributed by atoms with Gasteiger partial charge in [-0.25, -0.2) is 0 Å². The Balaban J connectivity index is 1.61. The zero-order chi connectivity index (χ0) is 14.1. The Morgan fingerprint density at radius 1 is 1.30 bits per heavy atom. The van der Waals surface area contributed by atoms with Crippen LogP contribution in [0.15, 0.2) is 18.2 Å². The summed E-state index contributed by atoms with van der Waals surface area (Å²) in [4.78, 5) is 16.5. The molecule has 1 aromatic rings. The van der Waals surface area contributed by atoms with Crippen LogP contribution in [-0.4, -0.2) is 66.1 Å². The Bertz CT molecular complexity index is 511. The van der Waals surface area contributed by atoms with Crippen molar-refractivity contribution in [1.29, 1.82) is 0 Å². The number of halogens is 1. The lowest BCUT2D eigenvalue weighted by Gasteiger charge is -2.46. The molecule has 2 aliphatic rings. The summed E-state index contributed by atoms with van der Waals surface area (Å²) in [6.07, 6.45) is 0. The normalized spacial score (nSPS) is 20.8. The number of hydrogen-bond acceptors (Lipinski definition) is 4. The average molecular weight is 296 g/mol. The van der Waals surface area contributed by atoms with E-state index < -0.39 is 0 Å². The summed E-state index contributed by atoms with van der Waals surface area (Å²) < 4.78 is 0. The standard InChI is InChI=1S/C14H18ClN3O2/c15-13-2-1-11(19)7-12(13)14(20)18-8-10(9-18)17-5-3-16-4-6-17/h1-2,7,10,16,19H,3-6,8-9H2. The third kappa shape index (κ3) is 2.61. The number of likely N-dealkylation sites (tertiary alicyclic amines) is 1. The summed E-state index contributed by atoms with van der Waals surface area (Å²) >= 11 is 6.02. The highest BCUT2D eigenvalue weighted by atomic mass is 35.5. The van der Waals surface area contributed by atoms with Crippen LogP contribution in [0.25, 0.3) is 0 Å². The molecule has 2 aliphatic heterocycles. The summed E-state index contributed by atoms with van der Waals surface area (Å²) in [5, 5.41) is 13.2. The molecule has 1 amide bonds. The van der Waals surface area contributed by atoms with E-state index in [0.717, 1.165) is 39.3 Å². The van der Waals surface area contributed by atoms with Crippen LogP contribution in [0.5, 0.6) is 5.75 Å². The Morgan fingerprint density at radius 2 is 2.00 bits per heavy atom. The van der Waals surface area contributed by atoms with Gasteiger partial charge in [0.15, 0.2) is 0 Å². The maximum Gasteiger partial charge on any atom is 0.255 e. The van der Waals surface area contributed by atoms with Gasteiger partial charge in [-0.3, -0.25) is 9.69 Å². The Hall–Kier alpha value is -1.30. The third-order valence-electron chi connectivity index (χ3n) is 4.00. The number of aromatic hydroxyl groups is 1. The molecule has 2 heterocycles. The summed E-state index contributed by atoms with van der Waals surface area (Å²) in [6.45, 7) is 5.60. The summed E-state index contributed by atoms with van der Waals surface area (Å²) in [7, 11) is 0. The van der Waals surface area contributed by atoms with Gasteiger partial charge in [0, 0.05) is 45.3 Å². The summed E-state index contributed by atoms with van der Waals surface area (Å²) in [5.41, 5.74) is 0.380. The molecule has 0 radical (unpaired) electrons. The molecule has 108 valence electrons. The molecule has 0 atom stereocenters. The van der Waals surface area contributed by atoms with E-state index in [-0.39, 0.29) is 11.7 Å². The third-order valence-corrected chi connectivity index (χ3v) is 4.33. The quantitative estimate of drug-likeness (QED) is 0.846. The molecule has 0 saturated carbocycles. The highest BCUT2D eigenvalue weighted by Gasteiger charge is 2.36. The second kappa shape index (κ2) is 5.60. The second-order valence-corrected chi connectivity index (χ2v) is 5.72. The topological polar surface area (TPSA) is 55.8 Å². The fraction of sp³-hybridized carbons (Fsp3) is 0.500. The molecule has 0 bridgehead atoms.